The van der Waals surface area contributed by atoms with E-state index in [0.717, 1.165) is 14.0 Å². The first-order valence-electron chi connectivity index (χ1n) is 15.2. The molecule has 0 radical (unpaired) electrons. The van der Waals surface area contributed by atoms with E-state index in [9.17, 15) is 9.59 Å². The average Bonchev–Trinajstić information content (AvgIpc) is 3.13. The molecule has 0 atom stereocenters. The molecule has 6 aromatic carbocycles. The molecule has 0 amide bonds. The van der Waals surface area contributed by atoms with Gasteiger partial charge in [-0.3, -0.25) is 0 Å². The molecule has 228 valence electrons. The van der Waals surface area contributed by atoms with Gasteiger partial charge in [-0.05, 0) is 0 Å². The van der Waals surface area contributed by atoms with Crippen molar-refractivity contribution in [3.8, 4) is 0 Å². The fourth-order valence-corrected chi connectivity index (χ4v) is 31.5. The van der Waals surface area contributed by atoms with E-state index >= 15 is 4.57 Å². The van der Waals surface area contributed by atoms with Gasteiger partial charge in [0.25, 0.3) is 0 Å². The van der Waals surface area contributed by atoms with Crippen molar-refractivity contribution in [2.45, 2.75) is 0 Å². The molecule has 0 heterocycles. The summed E-state index contributed by atoms with van der Waals surface area (Å²) in [4.78, 5) is 27.9. The predicted octanol–water partition coefficient (Wildman–Crippen LogP) is 6.58. The Morgan fingerprint density at radius 2 is 0.652 bits per heavy atom. The summed E-state index contributed by atoms with van der Waals surface area (Å²) >= 11 is -5.70. The zero-order chi connectivity index (χ0) is 31.9. The molecule has 0 fully saturated rings. The molecule has 0 unspecified atom stereocenters. The monoisotopic (exact) mass is 730 g/mol. The van der Waals surface area contributed by atoms with E-state index in [0.29, 0.717) is 11.1 Å². The van der Waals surface area contributed by atoms with Crippen LogP contribution in [0.3, 0.4) is 0 Å². The summed E-state index contributed by atoms with van der Waals surface area (Å²) in [6, 6.07) is 57.4. The molecule has 0 saturated heterocycles. The summed E-state index contributed by atoms with van der Waals surface area (Å²) in [6.07, 6.45) is -0.840. The SMILES string of the molecule is O=C(CP(=O)(CC(=O)c1ccccc1)[O][Sb]([c]1ccccc1)([c]1ccccc1)([c]1ccccc1)[c]1ccccc1)c1ccccc1. The molecule has 0 aliphatic rings. The summed E-state index contributed by atoms with van der Waals surface area (Å²) in [5.74, 6) is -0.665. The number of hydrogen-bond donors (Lipinski definition) is 0. The molecule has 0 N–H and O–H groups in total. The van der Waals surface area contributed by atoms with Gasteiger partial charge in [0, 0.05) is 0 Å². The number of ketones is 2. The fraction of sp³-hybridized carbons (Fsp3) is 0.0500. The number of rotatable bonds is 12. The molecular weight excluding hydrogens is 697 g/mol. The van der Waals surface area contributed by atoms with Crippen LogP contribution < -0.4 is 14.0 Å². The quantitative estimate of drug-likeness (QED) is 0.0812. The Morgan fingerprint density at radius 1 is 0.413 bits per heavy atom. The van der Waals surface area contributed by atoms with E-state index in [2.05, 4.69) is 0 Å². The predicted molar refractivity (Wildman–Crippen MR) is 190 cm³/mol. The third-order valence-electron chi connectivity index (χ3n) is 8.27. The van der Waals surface area contributed by atoms with Crippen LogP contribution in [-0.4, -0.2) is 41.7 Å². The van der Waals surface area contributed by atoms with E-state index in [4.69, 9.17) is 2.80 Å². The molecule has 46 heavy (non-hydrogen) atoms. The normalized spacial score (nSPS) is 12.5. The Hall–Kier alpha value is -4.33. The fourth-order valence-electron chi connectivity index (χ4n) is 6.21. The summed E-state index contributed by atoms with van der Waals surface area (Å²) in [5, 5.41) is 0. The van der Waals surface area contributed by atoms with Crippen molar-refractivity contribution in [2.24, 2.45) is 0 Å². The number of Topliss-reactive ketones (excluding diaryl/α,β-unsaturated/α-hetero) is 2. The Balaban J connectivity index is 1.70. The van der Waals surface area contributed by atoms with E-state index in [1.165, 1.54) is 0 Å². The third-order valence-corrected chi connectivity index (χ3v) is 30.4. The van der Waals surface area contributed by atoms with Crippen LogP contribution in [0.25, 0.3) is 0 Å². The minimum atomic E-state index is -5.70. The van der Waals surface area contributed by atoms with Crippen LogP contribution in [0.4, 0.5) is 0 Å². The van der Waals surface area contributed by atoms with Crippen molar-refractivity contribution < 1.29 is 17.0 Å². The van der Waals surface area contributed by atoms with Crippen LogP contribution in [-0.2, 0) is 7.37 Å². The van der Waals surface area contributed by atoms with Crippen molar-refractivity contribution in [3.05, 3.63) is 193 Å². The summed E-state index contributed by atoms with van der Waals surface area (Å²) in [7, 11) is -4.12. The van der Waals surface area contributed by atoms with Gasteiger partial charge >= 0.3 is 273 Å². The van der Waals surface area contributed by atoms with Crippen molar-refractivity contribution in [1.29, 1.82) is 0 Å². The summed E-state index contributed by atoms with van der Waals surface area (Å²) in [5.41, 5.74) is 0.845. The second kappa shape index (κ2) is 13.6. The Kier molecular flexibility index (Phi) is 9.34. The first-order chi connectivity index (χ1) is 22.4. The summed E-state index contributed by atoms with van der Waals surface area (Å²) < 4.78 is 27.1. The van der Waals surface area contributed by atoms with Gasteiger partial charge in [-0.1, -0.05) is 0 Å². The van der Waals surface area contributed by atoms with Crippen LogP contribution in [0.1, 0.15) is 20.7 Å². The molecule has 6 aromatic rings. The standard InChI is InChI=1S/C16H15O4P.4C6H5.Sb/c17-15(13-7-3-1-4-8-13)11-21(19,20)12-16(18)14-9-5-2-6-10-14;4*1-2-4-6-5-3-1;/h1-10H,11-12H2,(H,19,20);4*1-5H;/q;;;;;+1/p-1. The van der Waals surface area contributed by atoms with E-state index in [1.54, 1.807) is 48.5 Å². The minimum absolute atomic E-state index is 0.332. The second-order valence-corrected chi connectivity index (χ2v) is 26.8. The van der Waals surface area contributed by atoms with Gasteiger partial charge < -0.3 is 0 Å². The Morgan fingerprint density at radius 3 is 0.913 bits per heavy atom. The van der Waals surface area contributed by atoms with E-state index < -0.39 is 37.5 Å². The average molecular weight is 731 g/mol. The van der Waals surface area contributed by atoms with Gasteiger partial charge in [0.15, 0.2) is 0 Å². The molecule has 0 spiro atoms. The number of carbonyl (C=O) groups is 2. The molecule has 6 heteroatoms. The zero-order valence-electron chi connectivity index (χ0n) is 25.3. The van der Waals surface area contributed by atoms with Crippen LogP contribution in [0.2, 0.25) is 0 Å². The molecule has 0 aliphatic heterocycles. The van der Waals surface area contributed by atoms with Gasteiger partial charge in [0.1, 0.15) is 0 Å². The van der Waals surface area contributed by atoms with Crippen LogP contribution in [0.15, 0.2) is 182 Å². The maximum absolute atomic E-state index is 15.9. The van der Waals surface area contributed by atoms with E-state index in [-0.39, 0.29) is 11.6 Å². The van der Waals surface area contributed by atoms with Gasteiger partial charge in [0.05, 0.1) is 0 Å². The third kappa shape index (κ3) is 5.85. The molecule has 0 aromatic heterocycles. The van der Waals surface area contributed by atoms with Gasteiger partial charge in [-0.15, -0.1) is 0 Å². The van der Waals surface area contributed by atoms with Gasteiger partial charge in [0.2, 0.25) is 0 Å². The first kappa shape index (κ1) is 31.6. The molecule has 6 rings (SSSR count). The topological polar surface area (TPSA) is 60.4 Å². The Bertz CT molecular complexity index is 1740. The van der Waals surface area contributed by atoms with Crippen molar-refractivity contribution in [3.63, 3.8) is 0 Å². The van der Waals surface area contributed by atoms with Gasteiger partial charge in [-0.25, -0.2) is 0 Å². The number of hydrogen-bond acceptors (Lipinski definition) is 4. The summed E-state index contributed by atoms with van der Waals surface area (Å²) in [6.45, 7) is 0. The molecule has 0 bridgehead atoms. The number of carbonyl (C=O) groups excluding carboxylic acids is 2. The van der Waals surface area contributed by atoms with Crippen LogP contribution >= 0.6 is 7.37 Å². The van der Waals surface area contributed by atoms with Crippen LogP contribution in [0, 0.1) is 0 Å². The molecule has 0 aliphatic carbocycles. The van der Waals surface area contributed by atoms with Crippen LogP contribution in [0.5, 0.6) is 0 Å². The molecule has 0 saturated carbocycles. The van der Waals surface area contributed by atoms with Crippen molar-refractivity contribution in [2.75, 3.05) is 12.3 Å². The van der Waals surface area contributed by atoms with Gasteiger partial charge in [-0.2, -0.15) is 0 Å². The Labute approximate surface area is 271 Å². The van der Waals surface area contributed by atoms with E-state index in [1.807, 2.05) is 133 Å². The second-order valence-electron chi connectivity index (χ2n) is 11.2. The number of benzene rings is 6. The maximum atomic E-state index is 15.9. The first-order valence-corrected chi connectivity index (χ1v) is 23.3. The zero-order valence-corrected chi connectivity index (χ0v) is 28.7. The molecular formula is C40H34O4PSb. The van der Waals surface area contributed by atoms with Crippen molar-refractivity contribution >= 4 is 50.8 Å². The molecule has 4 nitrogen and oxygen atoms in total. The van der Waals surface area contributed by atoms with Crippen molar-refractivity contribution in [1.82, 2.24) is 0 Å².